The molecule has 2 atom stereocenters. The first kappa shape index (κ1) is 11.7. The van der Waals surface area contributed by atoms with Crippen molar-refractivity contribution in [1.29, 1.82) is 0 Å². The van der Waals surface area contributed by atoms with Gasteiger partial charge < -0.3 is 0 Å². The van der Waals surface area contributed by atoms with E-state index in [1.54, 1.807) is 0 Å². The molecule has 0 aromatic carbocycles. The van der Waals surface area contributed by atoms with E-state index in [4.69, 9.17) is 0 Å². The molecular formula is C12H23NO. The van der Waals surface area contributed by atoms with Gasteiger partial charge in [0.15, 0.2) is 0 Å². The van der Waals surface area contributed by atoms with Crippen molar-refractivity contribution >= 4 is 0 Å². The van der Waals surface area contributed by atoms with Crippen LogP contribution in [0.15, 0.2) is 5.18 Å². The maximum atomic E-state index is 10.2. The highest BCUT2D eigenvalue weighted by atomic mass is 16.3. The van der Waals surface area contributed by atoms with Gasteiger partial charge in [-0.2, -0.15) is 4.91 Å². The minimum Gasteiger partial charge on any atom is -0.151 e. The van der Waals surface area contributed by atoms with Crippen LogP contribution >= 0.6 is 0 Å². The van der Waals surface area contributed by atoms with Crippen molar-refractivity contribution in [3.8, 4) is 0 Å². The molecule has 0 spiro atoms. The minimum absolute atomic E-state index is 0.536. The fourth-order valence-corrected chi connectivity index (χ4v) is 2.52. The molecule has 1 aliphatic rings. The summed E-state index contributed by atoms with van der Waals surface area (Å²) in [6.07, 6.45) is 4.94. The van der Waals surface area contributed by atoms with Crippen molar-refractivity contribution in [2.24, 2.45) is 28.8 Å². The first-order chi connectivity index (χ1) is 6.65. The second kappa shape index (κ2) is 5.47. The van der Waals surface area contributed by atoms with Gasteiger partial charge in [-0.3, -0.25) is 0 Å². The summed E-state index contributed by atoms with van der Waals surface area (Å²) < 4.78 is 0. The Morgan fingerprint density at radius 2 is 1.50 bits per heavy atom. The maximum absolute atomic E-state index is 10.2. The average Bonchev–Trinajstić information content (AvgIpc) is 2.18. The summed E-state index contributed by atoms with van der Waals surface area (Å²) in [4.78, 5) is 10.2. The third-order valence-electron chi connectivity index (χ3n) is 4.19. The fourth-order valence-electron chi connectivity index (χ4n) is 2.52. The normalized spacial score (nSPS) is 39.9. The molecule has 1 rings (SSSR count). The number of nitroso groups, excluding NO2 is 1. The molecule has 0 radical (unpaired) electrons. The number of rotatable bonds is 2. The zero-order valence-electron chi connectivity index (χ0n) is 9.70. The minimum atomic E-state index is 0.536. The van der Waals surface area contributed by atoms with Crippen LogP contribution in [-0.2, 0) is 0 Å². The molecule has 0 N–H and O–H groups in total. The standard InChI is InChI=1S/C12H23NO/c1-9-4-6-12(8-13-14)7-5-10(2)11(9)3/h9-12H,4-8H2,1-3H3. The Hall–Kier alpha value is -0.400. The summed E-state index contributed by atoms with van der Waals surface area (Å²) in [6.45, 7) is 7.59. The van der Waals surface area contributed by atoms with E-state index >= 15 is 0 Å². The van der Waals surface area contributed by atoms with Crippen molar-refractivity contribution < 1.29 is 0 Å². The molecule has 2 unspecified atom stereocenters. The summed E-state index contributed by atoms with van der Waals surface area (Å²) in [5.74, 6) is 3.00. The highest BCUT2D eigenvalue weighted by Crippen LogP contribution is 2.33. The van der Waals surface area contributed by atoms with Crippen molar-refractivity contribution in [2.75, 3.05) is 6.54 Å². The molecular weight excluding hydrogens is 174 g/mol. The second-order valence-corrected chi connectivity index (χ2v) is 5.15. The van der Waals surface area contributed by atoms with E-state index in [2.05, 4.69) is 25.9 Å². The van der Waals surface area contributed by atoms with Crippen LogP contribution in [0.5, 0.6) is 0 Å². The van der Waals surface area contributed by atoms with Gasteiger partial charge in [-0.1, -0.05) is 38.8 Å². The summed E-state index contributed by atoms with van der Waals surface area (Å²) in [5.41, 5.74) is 0. The largest absolute Gasteiger partial charge is 0.151 e. The van der Waals surface area contributed by atoms with Crippen LogP contribution in [0.25, 0.3) is 0 Å². The lowest BCUT2D eigenvalue weighted by Gasteiger charge is -2.31. The molecule has 82 valence electrons. The number of hydrogen-bond donors (Lipinski definition) is 0. The van der Waals surface area contributed by atoms with Crippen LogP contribution in [0.4, 0.5) is 0 Å². The lowest BCUT2D eigenvalue weighted by molar-refractivity contribution is 0.199. The third-order valence-corrected chi connectivity index (χ3v) is 4.19. The van der Waals surface area contributed by atoms with Gasteiger partial charge in [-0.05, 0) is 36.5 Å². The van der Waals surface area contributed by atoms with Crippen LogP contribution in [0.3, 0.4) is 0 Å². The molecule has 0 aromatic heterocycles. The Labute approximate surface area is 87.4 Å². The van der Waals surface area contributed by atoms with Crippen LogP contribution in [-0.4, -0.2) is 6.54 Å². The SMILES string of the molecule is CC1CCC(CN=O)CCC(C)C1C. The Bertz CT molecular complexity index is 167. The van der Waals surface area contributed by atoms with Gasteiger partial charge in [0, 0.05) is 0 Å². The molecule has 1 fully saturated rings. The summed E-state index contributed by atoms with van der Waals surface area (Å²) in [5, 5.41) is 3.05. The zero-order chi connectivity index (χ0) is 10.6. The second-order valence-electron chi connectivity index (χ2n) is 5.15. The van der Waals surface area contributed by atoms with Gasteiger partial charge in [0.05, 0.1) is 6.54 Å². The van der Waals surface area contributed by atoms with Gasteiger partial charge >= 0.3 is 0 Å². The molecule has 1 saturated carbocycles. The molecule has 0 heterocycles. The summed E-state index contributed by atoms with van der Waals surface area (Å²) in [7, 11) is 0. The monoisotopic (exact) mass is 197 g/mol. The van der Waals surface area contributed by atoms with Gasteiger partial charge in [-0.15, -0.1) is 0 Å². The van der Waals surface area contributed by atoms with E-state index in [-0.39, 0.29) is 0 Å². The lowest BCUT2D eigenvalue weighted by Crippen LogP contribution is -2.22. The Balaban J connectivity index is 2.48. The van der Waals surface area contributed by atoms with E-state index < -0.39 is 0 Å². The van der Waals surface area contributed by atoms with Crippen LogP contribution in [0.1, 0.15) is 46.5 Å². The van der Waals surface area contributed by atoms with Crippen molar-refractivity contribution in [2.45, 2.75) is 46.5 Å². The first-order valence-electron chi connectivity index (χ1n) is 5.94. The van der Waals surface area contributed by atoms with Crippen molar-refractivity contribution in [1.82, 2.24) is 0 Å². The van der Waals surface area contributed by atoms with Crippen LogP contribution in [0, 0.1) is 28.6 Å². The molecule has 0 aromatic rings. The quantitative estimate of drug-likeness (QED) is 0.618. The molecule has 0 saturated heterocycles. The smallest absolute Gasteiger partial charge is 0.0839 e. The van der Waals surface area contributed by atoms with E-state index in [1.807, 2.05) is 0 Å². The molecule has 0 amide bonds. The van der Waals surface area contributed by atoms with E-state index in [9.17, 15) is 4.91 Å². The Morgan fingerprint density at radius 3 is 1.93 bits per heavy atom. The van der Waals surface area contributed by atoms with Gasteiger partial charge in [-0.25, -0.2) is 0 Å². The van der Waals surface area contributed by atoms with Crippen LogP contribution in [0.2, 0.25) is 0 Å². The zero-order valence-corrected chi connectivity index (χ0v) is 9.70. The third kappa shape index (κ3) is 3.07. The predicted octanol–water partition coefficient (Wildman–Crippen LogP) is 3.85. The summed E-state index contributed by atoms with van der Waals surface area (Å²) >= 11 is 0. The van der Waals surface area contributed by atoms with E-state index in [1.165, 1.54) is 25.7 Å². The Morgan fingerprint density at radius 1 is 1.00 bits per heavy atom. The maximum Gasteiger partial charge on any atom is 0.0839 e. The fraction of sp³-hybridized carbons (Fsp3) is 1.00. The van der Waals surface area contributed by atoms with Gasteiger partial charge in [0.25, 0.3) is 0 Å². The highest BCUT2D eigenvalue weighted by molar-refractivity contribution is 4.75. The molecule has 14 heavy (non-hydrogen) atoms. The topological polar surface area (TPSA) is 29.4 Å². The molecule has 0 bridgehead atoms. The van der Waals surface area contributed by atoms with Crippen LogP contribution < -0.4 is 0 Å². The molecule has 0 aliphatic heterocycles. The molecule has 2 nitrogen and oxygen atoms in total. The van der Waals surface area contributed by atoms with Crippen molar-refractivity contribution in [3.05, 3.63) is 4.91 Å². The molecule has 1 aliphatic carbocycles. The van der Waals surface area contributed by atoms with Crippen molar-refractivity contribution in [3.63, 3.8) is 0 Å². The van der Waals surface area contributed by atoms with Gasteiger partial charge in [0.1, 0.15) is 0 Å². The number of hydrogen-bond acceptors (Lipinski definition) is 2. The van der Waals surface area contributed by atoms with E-state index in [0.29, 0.717) is 12.5 Å². The molecule has 2 heteroatoms. The summed E-state index contributed by atoms with van der Waals surface area (Å²) in [6, 6.07) is 0. The highest BCUT2D eigenvalue weighted by Gasteiger charge is 2.24. The first-order valence-corrected chi connectivity index (χ1v) is 5.94. The lowest BCUT2D eigenvalue weighted by atomic mass is 9.75. The van der Waals surface area contributed by atoms with Gasteiger partial charge in [0.2, 0.25) is 0 Å². The predicted molar refractivity (Wildman–Crippen MR) is 60.1 cm³/mol. The number of nitrogens with zero attached hydrogens (tertiary/aromatic N) is 1. The average molecular weight is 197 g/mol. The van der Waals surface area contributed by atoms with E-state index in [0.717, 1.165) is 17.8 Å². The Kier molecular flexibility index (Phi) is 4.56.